The van der Waals surface area contributed by atoms with Crippen molar-refractivity contribution in [3.05, 3.63) is 34.9 Å². The number of carbonyl (C=O) groups excluding carboxylic acids is 2. The molecule has 126 valence electrons. The lowest BCUT2D eigenvalue weighted by Gasteiger charge is -2.27. The molecular formula is C20H28O3. The maximum atomic E-state index is 11.8. The number of cyclic esters (lactones) is 2. The third-order valence-electron chi connectivity index (χ3n) is 4.88. The molecule has 1 saturated heterocycles. The van der Waals surface area contributed by atoms with Crippen molar-refractivity contribution in [1.82, 2.24) is 0 Å². The first-order valence-electron chi connectivity index (χ1n) is 8.63. The standard InChI is InChI=1S/C20H28O3/c1-15(2)6-4-7-16(3)8-5-9-17-10-12-20(13-11-17)14-18(21)23-19(20)22/h6,8,10H,4-5,7,9,11-14H2,1-3H3. The number of rotatable bonds is 6. The highest BCUT2D eigenvalue weighted by atomic mass is 16.6. The fraction of sp³-hybridized carbons (Fsp3) is 0.600. The van der Waals surface area contributed by atoms with Gasteiger partial charge in [0.25, 0.3) is 0 Å². The van der Waals surface area contributed by atoms with Crippen molar-refractivity contribution in [2.24, 2.45) is 5.41 Å². The van der Waals surface area contributed by atoms with E-state index in [1.165, 1.54) is 16.7 Å². The van der Waals surface area contributed by atoms with Crippen molar-refractivity contribution in [3.8, 4) is 0 Å². The quantitative estimate of drug-likeness (QED) is 0.392. The molecule has 23 heavy (non-hydrogen) atoms. The summed E-state index contributed by atoms with van der Waals surface area (Å²) in [6, 6.07) is 0. The van der Waals surface area contributed by atoms with Crippen LogP contribution in [0.25, 0.3) is 0 Å². The zero-order valence-corrected chi connectivity index (χ0v) is 14.6. The van der Waals surface area contributed by atoms with Crippen LogP contribution in [-0.2, 0) is 14.3 Å². The van der Waals surface area contributed by atoms with E-state index < -0.39 is 5.41 Å². The zero-order chi connectivity index (χ0) is 16.9. The lowest BCUT2D eigenvalue weighted by Crippen LogP contribution is -2.28. The first-order valence-corrected chi connectivity index (χ1v) is 8.63. The van der Waals surface area contributed by atoms with Gasteiger partial charge in [0.15, 0.2) is 0 Å². The molecule has 1 aliphatic carbocycles. The Kier molecular flexibility index (Phi) is 5.97. The van der Waals surface area contributed by atoms with E-state index in [0.717, 1.165) is 38.5 Å². The molecule has 1 spiro atoms. The van der Waals surface area contributed by atoms with E-state index >= 15 is 0 Å². The van der Waals surface area contributed by atoms with Crippen molar-refractivity contribution in [2.45, 2.75) is 72.1 Å². The van der Waals surface area contributed by atoms with Crippen LogP contribution >= 0.6 is 0 Å². The normalized spacial score (nSPS) is 24.7. The van der Waals surface area contributed by atoms with Crippen LogP contribution in [0.3, 0.4) is 0 Å². The topological polar surface area (TPSA) is 43.4 Å². The number of hydrogen-bond donors (Lipinski definition) is 0. The molecule has 0 aromatic carbocycles. The number of hydrogen-bond acceptors (Lipinski definition) is 3. The van der Waals surface area contributed by atoms with Crippen LogP contribution in [0, 0.1) is 5.41 Å². The van der Waals surface area contributed by atoms with Crippen molar-refractivity contribution in [1.29, 1.82) is 0 Å². The molecule has 0 saturated carbocycles. The molecule has 1 fully saturated rings. The van der Waals surface area contributed by atoms with Crippen molar-refractivity contribution >= 4 is 11.9 Å². The molecule has 2 rings (SSSR count). The Bertz CT molecular complexity index is 561. The minimum absolute atomic E-state index is 0.263. The fourth-order valence-corrected chi connectivity index (χ4v) is 3.31. The Morgan fingerprint density at radius 3 is 2.57 bits per heavy atom. The Balaban J connectivity index is 1.77. The average Bonchev–Trinajstić information content (AvgIpc) is 2.75. The summed E-state index contributed by atoms with van der Waals surface area (Å²) in [6.07, 6.45) is 13.7. The summed E-state index contributed by atoms with van der Waals surface area (Å²) in [4.78, 5) is 23.1. The Hall–Kier alpha value is -1.64. The highest BCUT2D eigenvalue weighted by molar-refractivity contribution is 5.97. The van der Waals surface area contributed by atoms with Gasteiger partial charge in [-0.2, -0.15) is 0 Å². The second kappa shape index (κ2) is 7.76. The molecule has 1 unspecified atom stereocenters. The molecule has 1 atom stereocenters. The summed E-state index contributed by atoms with van der Waals surface area (Å²) in [5.74, 6) is -0.672. The second-order valence-corrected chi connectivity index (χ2v) is 7.19. The maximum absolute atomic E-state index is 11.8. The minimum Gasteiger partial charge on any atom is -0.393 e. The lowest BCUT2D eigenvalue weighted by atomic mass is 9.73. The van der Waals surface area contributed by atoms with Gasteiger partial charge in [-0.15, -0.1) is 0 Å². The second-order valence-electron chi connectivity index (χ2n) is 7.19. The van der Waals surface area contributed by atoms with Crippen molar-refractivity contribution < 1.29 is 14.3 Å². The van der Waals surface area contributed by atoms with Crippen LogP contribution in [0.1, 0.15) is 72.1 Å². The number of esters is 2. The third-order valence-corrected chi connectivity index (χ3v) is 4.88. The van der Waals surface area contributed by atoms with Crippen molar-refractivity contribution in [2.75, 3.05) is 0 Å². The van der Waals surface area contributed by atoms with E-state index in [1.54, 1.807) is 0 Å². The lowest BCUT2D eigenvalue weighted by molar-refractivity contribution is -0.155. The van der Waals surface area contributed by atoms with E-state index in [9.17, 15) is 9.59 Å². The van der Waals surface area contributed by atoms with E-state index in [1.807, 2.05) is 0 Å². The summed E-state index contributed by atoms with van der Waals surface area (Å²) >= 11 is 0. The van der Waals surface area contributed by atoms with Gasteiger partial charge in [-0.05, 0) is 65.7 Å². The van der Waals surface area contributed by atoms with E-state index in [2.05, 4.69) is 39.0 Å². The van der Waals surface area contributed by atoms with Gasteiger partial charge in [-0.3, -0.25) is 9.59 Å². The fourth-order valence-electron chi connectivity index (χ4n) is 3.31. The Labute approximate surface area is 139 Å². The minimum atomic E-state index is -0.545. The molecule has 3 nitrogen and oxygen atoms in total. The molecular weight excluding hydrogens is 288 g/mol. The molecule has 0 N–H and O–H groups in total. The monoisotopic (exact) mass is 316 g/mol. The van der Waals surface area contributed by atoms with E-state index in [0.29, 0.717) is 6.42 Å². The summed E-state index contributed by atoms with van der Waals surface area (Å²) in [7, 11) is 0. The van der Waals surface area contributed by atoms with Gasteiger partial charge in [0.2, 0.25) is 0 Å². The van der Waals surface area contributed by atoms with Crippen LogP contribution < -0.4 is 0 Å². The third kappa shape index (κ3) is 4.92. The van der Waals surface area contributed by atoms with Crippen LogP contribution in [0.15, 0.2) is 34.9 Å². The molecule has 0 bridgehead atoms. The first kappa shape index (κ1) is 17.7. The zero-order valence-electron chi connectivity index (χ0n) is 14.6. The van der Waals surface area contributed by atoms with Crippen LogP contribution in [0.5, 0.6) is 0 Å². The van der Waals surface area contributed by atoms with Gasteiger partial charge in [-0.1, -0.05) is 34.9 Å². The molecule has 3 heteroatoms. The first-order chi connectivity index (χ1) is 10.9. The molecule has 0 aromatic rings. The number of carbonyl (C=O) groups is 2. The predicted octanol–water partition coefficient (Wildman–Crippen LogP) is 5.03. The molecule has 1 heterocycles. The Morgan fingerprint density at radius 1 is 1.22 bits per heavy atom. The molecule has 0 amide bonds. The van der Waals surface area contributed by atoms with Crippen molar-refractivity contribution in [3.63, 3.8) is 0 Å². The van der Waals surface area contributed by atoms with Gasteiger partial charge in [-0.25, -0.2) is 0 Å². The molecule has 1 aliphatic heterocycles. The van der Waals surface area contributed by atoms with Crippen LogP contribution in [-0.4, -0.2) is 11.9 Å². The molecule has 0 radical (unpaired) electrons. The largest absolute Gasteiger partial charge is 0.393 e. The average molecular weight is 316 g/mol. The molecule has 0 aromatic heterocycles. The highest BCUT2D eigenvalue weighted by Crippen LogP contribution is 2.44. The van der Waals surface area contributed by atoms with Gasteiger partial charge in [0.05, 0.1) is 11.8 Å². The summed E-state index contributed by atoms with van der Waals surface area (Å²) in [6.45, 7) is 6.47. The number of allylic oxidation sites excluding steroid dienone is 6. The highest BCUT2D eigenvalue weighted by Gasteiger charge is 2.49. The summed E-state index contributed by atoms with van der Waals surface area (Å²) < 4.78 is 4.74. The summed E-state index contributed by atoms with van der Waals surface area (Å²) in [5.41, 5.74) is 3.69. The van der Waals surface area contributed by atoms with Crippen LogP contribution in [0.4, 0.5) is 0 Å². The van der Waals surface area contributed by atoms with Crippen LogP contribution in [0.2, 0.25) is 0 Å². The van der Waals surface area contributed by atoms with Gasteiger partial charge < -0.3 is 4.74 Å². The van der Waals surface area contributed by atoms with Gasteiger partial charge in [0, 0.05) is 0 Å². The predicted molar refractivity (Wildman–Crippen MR) is 91.7 cm³/mol. The van der Waals surface area contributed by atoms with Gasteiger partial charge in [0.1, 0.15) is 0 Å². The van der Waals surface area contributed by atoms with E-state index in [-0.39, 0.29) is 18.4 Å². The smallest absolute Gasteiger partial charge is 0.320 e. The molecule has 2 aliphatic rings. The number of ether oxygens (including phenoxy) is 1. The van der Waals surface area contributed by atoms with E-state index in [4.69, 9.17) is 4.74 Å². The Morgan fingerprint density at radius 2 is 2.00 bits per heavy atom. The maximum Gasteiger partial charge on any atom is 0.320 e. The SMILES string of the molecule is CC(C)=CCCC(C)=CCCC1=CCC2(CC1)CC(=O)OC2=O. The van der Waals surface area contributed by atoms with Gasteiger partial charge >= 0.3 is 11.9 Å². The summed E-state index contributed by atoms with van der Waals surface area (Å²) in [5, 5.41) is 0.